The van der Waals surface area contributed by atoms with E-state index in [1.54, 1.807) is 11.6 Å². The van der Waals surface area contributed by atoms with E-state index in [9.17, 15) is 14.4 Å². The van der Waals surface area contributed by atoms with Gasteiger partial charge in [0.1, 0.15) is 5.82 Å². The zero-order valence-electron chi connectivity index (χ0n) is 21.0. The normalized spacial score (nSPS) is 11.2. The van der Waals surface area contributed by atoms with Crippen molar-refractivity contribution >= 4 is 23.6 Å². The molecule has 0 saturated heterocycles. The highest BCUT2D eigenvalue weighted by molar-refractivity contribution is 5.94. The summed E-state index contributed by atoms with van der Waals surface area (Å²) in [5.41, 5.74) is 2.50. The maximum absolute atomic E-state index is 13.0. The molecule has 0 unspecified atom stereocenters. The number of benzene rings is 1. The molecule has 0 spiro atoms. The molecule has 1 aromatic heterocycles. The molecule has 0 atom stereocenters. The summed E-state index contributed by atoms with van der Waals surface area (Å²) < 4.78 is 11.7. The molecule has 9 heteroatoms. The first-order valence-corrected chi connectivity index (χ1v) is 11.4. The summed E-state index contributed by atoms with van der Waals surface area (Å²) in [4.78, 5) is 38.6. The molecule has 0 bridgehead atoms. The third-order valence-electron chi connectivity index (χ3n) is 5.09. The predicted molar refractivity (Wildman–Crippen MR) is 130 cm³/mol. The van der Waals surface area contributed by atoms with Crippen LogP contribution in [0.2, 0.25) is 0 Å². The summed E-state index contributed by atoms with van der Waals surface area (Å²) in [5, 5.41) is 7.63. The standard InChI is InChI=1S/C25H36N4O5/c1-7-34-24(32)12-11-23(31)28(13-14-33-6)17-22(30)26-21-16-20(25(3,4)5)27-29(21)19-10-8-9-18(2)15-19/h8-10,15-16H,7,11-14,17H2,1-6H3,(H,26,30). The number of aromatic nitrogens is 2. The minimum absolute atomic E-state index is 0.0349. The van der Waals surface area contributed by atoms with Crippen LogP contribution in [0, 0.1) is 6.92 Å². The van der Waals surface area contributed by atoms with Gasteiger partial charge in [-0.25, -0.2) is 4.68 Å². The molecule has 0 radical (unpaired) electrons. The fourth-order valence-corrected chi connectivity index (χ4v) is 3.24. The number of ether oxygens (including phenoxy) is 2. The molecule has 2 amide bonds. The summed E-state index contributed by atoms with van der Waals surface area (Å²) in [5.74, 6) is -0.604. The highest BCUT2D eigenvalue weighted by atomic mass is 16.5. The van der Waals surface area contributed by atoms with E-state index in [0.717, 1.165) is 16.9 Å². The Bertz CT molecular complexity index is 993. The van der Waals surface area contributed by atoms with Gasteiger partial charge in [-0.05, 0) is 31.5 Å². The van der Waals surface area contributed by atoms with E-state index in [4.69, 9.17) is 14.6 Å². The zero-order chi connectivity index (χ0) is 25.3. The summed E-state index contributed by atoms with van der Waals surface area (Å²) in [6, 6.07) is 9.68. The Morgan fingerprint density at radius 2 is 1.88 bits per heavy atom. The van der Waals surface area contributed by atoms with Crippen molar-refractivity contribution in [1.29, 1.82) is 0 Å². The maximum atomic E-state index is 13.0. The van der Waals surface area contributed by atoms with Crippen molar-refractivity contribution in [1.82, 2.24) is 14.7 Å². The fourth-order valence-electron chi connectivity index (χ4n) is 3.24. The number of aryl methyl sites for hydroxylation is 1. The Morgan fingerprint density at radius 1 is 1.15 bits per heavy atom. The van der Waals surface area contributed by atoms with Crippen LogP contribution in [0.4, 0.5) is 5.82 Å². The van der Waals surface area contributed by atoms with Crippen molar-refractivity contribution in [2.45, 2.75) is 52.9 Å². The lowest BCUT2D eigenvalue weighted by Gasteiger charge is -2.22. The molecule has 0 aliphatic carbocycles. The monoisotopic (exact) mass is 472 g/mol. The number of amides is 2. The molecule has 0 saturated carbocycles. The van der Waals surface area contributed by atoms with Gasteiger partial charge in [-0.3, -0.25) is 14.4 Å². The van der Waals surface area contributed by atoms with Crippen LogP contribution in [0.3, 0.4) is 0 Å². The van der Waals surface area contributed by atoms with Crippen LogP contribution in [0.25, 0.3) is 5.69 Å². The maximum Gasteiger partial charge on any atom is 0.306 e. The van der Waals surface area contributed by atoms with E-state index in [1.807, 2.05) is 37.3 Å². The van der Waals surface area contributed by atoms with Crippen molar-refractivity contribution in [2.75, 3.05) is 38.7 Å². The number of anilines is 1. The van der Waals surface area contributed by atoms with Crippen LogP contribution < -0.4 is 5.32 Å². The Balaban J connectivity index is 2.20. The molecule has 1 heterocycles. The number of nitrogens with zero attached hydrogens (tertiary/aromatic N) is 3. The Morgan fingerprint density at radius 3 is 2.50 bits per heavy atom. The van der Waals surface area contributed by atoms with Crippen molar-refractivity contribution in [3.8, 4) is 5.69 Å². The van der Waals surface area contributed by atoms with Gasteiger partial charge in [0.25, 0.3) is 0 Å². The largest absolute Gasteiger partial charge is 0.466 e. The van der Waals surface area contributed by atoms with Crippen LogP contribution in [0.5, 0.6) is 0 Å². The van der Waals surface area contributed by atoms with Crippen molar-refractivity contribution in [2.24, 2.45) is 0 Å². The number of nitrogens with one attached hydrogen (secondary N) is 1. The van der Waals surface area contributed by atoms with E-state index in [-0.39, 0.29) is 56.4 Å². The van der Waals surface area contributed by atoms with Crippen LogP contribution in [0.1, 0.15) is 51.8 Å². The van der Waals surface area contributed by atoms with Gasteiger partial charge in [0.2, 0.25) is 11.8 Å². The number of carbonyl (C=O) groups excluding carboxylic acids is 3. The van der Waals surface area contributed by atoms with Crippen LogP contribution in [-0.2, 0) is 29.3 Å². The van der Waals surface area contributed by atoms with Crippen molar-refractivity contribution < 1.29 is 23.9 Å². The average molecular weight is 473 g/mol. The van der Waals surface area contributed by atoms with Crippen molar-refractivity contribution in [3.63, 3.8) is 0 Å². The van der Waals surface area contributed by atoms with E-state index in [0.29, 0.717) is 5.82 Å². The molecule has 0 aliphatic heterocycles. The van der Waals surface area contributed by atoms with E-state index >= 15 is 0 Å². The second kappa shape index (κ2) is 12.3. The highest BCUT2D eigenvalue weighted by Crippen LogP contribution is 2.26. The number of esters is 1. The van der Waals surface area contributed by atoms with Crippen LogP contribution in [-0.4, -0.2) is 65.9 Å². The van der Waals surface area contributed by atoms with Gasteiger partial charge >= 0.3 is 5.97 Å². The van der Waals surface area contributed by atoms with Gasteiger partial charge in [-0.15, -0.1) is 0 Å². The van der Waals surface area contributed by atoms with Crippen LogP contribution >= 0.6 is 0 Å². The molecule has 1 aromatic carbocycles. The van der Waals surface area contributed by atoms with Gasteiger partial charge in [0, 0.05) is 31.6 Å². The van der Waals surface area contributed by atoms with Gasteiger partial charge in [-0.1, -0.05) is 32.9 Å². The Labute approximate surface area is 201 Å². The molecule has 1 N–H and O–H groups in total. The smallest absolute Gasteiger partial charge is 0.306 e. The van der Waals surface area contributed by atoms with E-state index in [2.05, 4.69) is 26.1 Å². The lowest BCUT2D eigenvalue weighted by molar-refractivity contribution is -0.146. The highest BCUT2D eigenvalue weighted by Gasteiger charge is 2.23. The first-order chi connectivity index (χ1) is 16.0. The third-order valence-corrected chi connectivity index (χ3v) is 5.09. The zero-order valence-corrected chi connectivity index (χ0v) is 21.0. The number of hydrogen-bond acceptors (Lipinski definition) is 6. The SMILES string of the molecule is CCOC(=O)CCC(=O)N(CCOC)CC(=O)Nc1cc(C(C)(C)C)nn1-c1cccc(C)c1. The van der Waals surface area contributed by atoms with Crippen LogP contribution in [0.15, 0.2) is 30.3 Å². The average Bonchev–Trinajstić information content (AvgIpc) is 3.19. The lowest BCUT2D eigenvalue weighted by atomic mass is 9.92. The predicted octanol–water partition coefficient (Wildman–Crippen LogP) is 3.24. The lowest BCUT2D eigenvalue weighted by Crippen LogP contribution is -2.40. The molecule has 2 rings (SSSR count). The minimum atomic E-state index is -0.441. The number of carbonyl (C=O) groups is 3. The molecule has 0 aliphatic rings. The Hall–Kier alpha value is -3.20. The molecule has 2 aromatic rings. The second-order valence-corrected chi connectivity index (χ2v) is 9.08. The molecule has 186 valence electrons. The van der Waals surface area contributed by atoms with E-state index in [1.165, 1.54) is 12.0 Å². The number of hydrogen-bond donors (Lipinski definition) is 1. The first kappa shape index (κ1) is 27.0. The van der Waals surface area contributed by atoms with Gasteiger partial charge < -0.3 is 19.7 Å². The quantitative estimate of drug-likeness (QED) is 0.504. The second-order valence-electron chi connectivity index (χ2n) is 9.08. The van der Waals surface area contributed by atoms with Gasteiger partial charge in [0.15, 0.2) is 0 Å². The summed E-state index contributed by atoms with van der Waals surface area (Å²) >= 11 is 0. The molecular formula is C25H36N4O5. The molecule has 0 fully saturated rings. The number of methoxy groups -OCH3 is 1. The molecule has 9 nitrogen and oxygen atoms in total. The summed E-state index contributed by atoms with van der Waals surface area (Å²) in [7, 11) is 1.52. The summed E-state index contributed by atoms with van der Waals surface area (Å²) in [6.07, 6.45) is -0.0714. The topological polar surface area (TPSA) is 103 Å². The molecule has 34 heavy (non-hydrogen) atoms. The molecular weight excluding hydrogens is 436 g/mol. The van der Waals surface area contributed by atoms with Crippen molar-refractivity contribution in [3.05, 3.63) is 41.6 Å². The Kier molecular flexibility index (Phi) is 9.80. The summed E-state index contributed by atoms with van der Waals surface area (Å²) in [6.45, 7) is 10.4. The minimum Gasteiger partial charge on any atom is -0.466 e. The van der Waals surface area contributed by atoms with E-state index < -0.39 is 5.97 Å². The first-order valence-electron chi connectivity index (χ1n) is 11.4. The number of rotatable bonds is 11. The third kappa shape index (κ3) is 7.98. The van der Waals surface area contributed by atoms with Gasteiger partial charge in [-0.2, -0.15) is 5.10 Å². The van der Waals surface area contributed by atoms with Gasteiger partial charge in [0.05, 0.1) is 37.6 Å². The fraction of sp³-hybridized carbons (Fsp3) is 0.520.